The molecule has 0 radical (unpaired) electrons. The molecule has 0 spiro atoms. The molecule has 0 aromatic carbocycles. The second-order valence-electron chi connectivity index (χ2n) is 4.01. The fraction of sp³-hybridized carbons (Fsp3) is 0.600. The first-order chi connectivity index (χ1) is 9.51. The lowest BCUT2D eigenvalue weighted by molar-refractivity contribution is -0.306. The maximum Gasteiger partial charge on any atom is 0.407 e. The highest BCUT2D eigenvalue weighted by Gasteiger charge is 2.40. The minimum atomic E-state index is -1.05. The Morgan fingerprint density at radius 2 is 2.15 bits per heavy atom. The molecule has 0 aromatic heterocycles. The van der Waals surface area contributed by atoms with E-state index in [4.69, 9.17) is 4.84 Å². The number of alkyl carbamates (subject to hydrolysis) is 1. The van der Waals surface area contributed by atoms with E-state index in [-0.39, 0.29) is 19.4 Å². The zero-order valence-electron chi connectivity index (χ0n) is 10.5. The van der Waals surface area contributed by atoms with Gasteiger partial charge in [0, 0.05) is 12.8 Å². The molecule has 2 fully saturated rings. The van der Waals surface area contributed by atoms with Crippen molar-refractivity contribution in [3.63, 3.8) is 0 Å². The van der Waals surface area contributed by atoms with E-state index in [1.807, 2.05) is 0 Å². The fourth-order valence-electron chi connectivity index (χ4n) is 1.61. The molecule has 10 nitrogen and oxygen atoms in total. The maximum atomic E-state index is 11.7. The van der Waals surface area contributed by atoms with Crippen LogP contribution in [-0.4, -0.2) is 55.0 Å². The van der Waals surface area contributed by atoms with E-state index in [9.17, 15) is 19.2 Å². The number of hydroxylamine groups is 2. The predicted octanol–water partition coefficient (Wildman–Crippen LogP) is -1.35. The Balaban J connectivity index is 1.85. The van der Waals surface area contributed by atoms with Crippen LogP contribution in [-0.2, 0) is 33.5 Å². The average molecular weight is 288 g/mol. The summed E-state index contributed by atoms with van der Waals surface area (Å²) in [5, 5.41) is 2.56. The quantitative estimate of drug-likeness (QED) is 0.633. The van der Waals surface area contributed by atoms with Crippen molar-refractivity contribution in [1.29, 1.82) is 0 Å². The number of hydrogen-bond donors (Lipinski definition) is 1. The molecular formula is C10H12N2O8. The van der Waals surface area contributed by atoms with E-state index in [2.05, 4.69) is 19.6 Å². The van der Waals surface area contributed by atoms with Crippen molar-refractivity contribution in [3.05, 3.63) is 0 Å². The Kier molecular flexibility index (Phi) is 4.03. The lowest BCUT2D eigenvalue weighted by atomic mass is 10.2. The SMILES string of the molecule is COC(=O)N[C@H]1CON(OC(=O)C2CCC(=O)O2)C1=O. The molecule has 1 N–H and O–H groups in total. The number of esters is 1. The van der Waals surface area contributed by atoms with Crippen molar-refractivity contribution in [3.8, 4) is 0 Å². The van der Waals surface area contributed by atoms with Gasteiger partial charge in [-0.1, -0.05) is 0 Å². The number of carbonyl (C=O) groups excluding carboxylic acids is 4. The van der Waals surface area contributed by atoms with Gasteiger partial charge in [-0.15, -0.1) is 0 Å². The minimum Gasteiger partial charge on any atom is -0.453 e. The first-order valence-electron chi connectivity index (χ1n) is 5.74. The number of carbonyl (C=O) groups is 4. The number of methoxy groups -OCH3 is 1. The maximum absolute atomic E-state index is 11.7. The van der Waals surface area contributed by atoms with Gasteiger partial charge in [-0.25, -0.2) is 14.4 Å². The van der Waals surface area contributed by atoms with Crippen LogP contribution in [0.4, 0.5) is 4.79 Å². The smallest absolute Gasteiger partial charge is 0.407 e. The van der Waals surface area contributed by atoms with Crippen LogP contribution in [0.3, 0.4) is 0 Å². The number of hydrogen-bond acceptors (Lipinski definition) is 8. The van der Waals surface area contributed by atoms with E-state index in [0.29, 0.717) is 5.23 Å². The molecule has 2 amide bonds. The average Bonchev–Trinajstić information content (AvgIpc) is 2.99. The van der Waals surface area contributed by atoms with E-state index < -0.39 is 36.1 Å². The third kappa shape index (κ3) is 2.96. The van der Waals surface area contributed by atoms with Crippen LogP contribution in [0.1, 0.15) is 12.8 Å². The molecule has 20 heavy (non-hydrogen) atoms. The van der Waals surface area contributed by atoms with Crippen LogP contribution in [0.5, 0.6) is 0 Å². The number of amides is 2. The summed E-state index contributed by atoms with van der Waals surface area (Å²) in [6.07, 6.45) is -1.57. The van der Waals surface area contributed by atoms with Gasteiger partial charge >= 0.3 is 23.9 Å². The molecular weight excluding hydrogens is 276 g/mol. The molecule has 10 heteroatoms. The van der Waals surface area contributed by atoms with E-state index in [1.54, 1.807) is 0 Å². The van der Waals surface area contributed by atoms with Crippen LogP contribution >= 0.6 is 0 Å². The van der Waals surface area contributed by atoms with Gasteiger partial charge in [-0.05, 0) is 5.23 Å². The number of ether oxygens (including phenoxy) is 2. The lowest BCUT2D eigenvalue weighted by Crippen LogP contribution is -2.43. The third-order valence-electron chi connectivity index (χ3n) is 2.63. The highest BCUT2D eigenvalue weighted by atomic mass is 17.0. The van der Waals surface area contributed by atoms with E-state index >= 15 is 0 Å². The molecule has 2 rings (SSSR count). The normalized spacial score (nSPS) is 25.4. The largest absolute Gasteiger partial charge is 0.453 e. The van der Waals surface area contributed by atoms with Crippen LogP contribution in [0, 0.1) is 0 Å². The summed E-state index contributed by atoms with van der Waals surface area (Å²) in [6, 6.07) is -1.01. The van der Waals surface area contributed by atoms with Crippen LogP contribution in [0.15, 0.2) is 0 Å². The summed E-state index contributed by atoms with van der Waals surface area (Å²) < 4.78 is 9.01. The highest BCUT2D eigenvalue weighted by Crippen LogP contribution is 2.17. The predicted molar refractivity (Wildman–Crippen MR) is 57.3 cm³/mol. The van der Waals surface area contributed by atoms with Crippen molar-refractivity contribution in [2.24, 2.45) is 0 Å². The Morgan fingerprint density at radius 1 is 1.40 bits per heavy atom. The van der Waals surface area contributed by atoms with Gasteiger partial charge in [0.15, 0.2) is 0 Å². The van der Waals surface area contributed by atoms with Crippen molar-refractivity contribution in [2.45, 2.75) is 25.0 Å². The number of nitrogens with zero attached hydrogens (tertiary/aromatic N) is 1. The first kappa shape index (κ1) is 14.1. The van der Waals surface area contributed by atoms with Gasteiger partial charge in [-0.3, -0.25) is 9.59 Å². The molecule has 2 saturated heterocycles. The molecule has 2 atom stereocenters. The third-order valence-corrected chi connectivity index (χ3v) is 2.63. The summed E-state index contributed by atoms with van der Waals surface area (Å²) in [5.74, 6) is -2.19. The second-order valence-corrected chi connectivity index (χ2v) is 4.01. The van der Waals surface area contributed by atoms with Gasteiger partial charge in [0.25, 0.3) is 0 Å². The van der Waals surface area contributed by atoms with Gasteiger partial charge in [-0.2, -0.15) is 0 Å². The monoisotopic (exact) mass is 288 g/mol. The van der Waals surface area contributed by atoms with Gasteiger partial charge in [0.2, 0.25) is 6.10 Å². The summed E-state index contributed by atoms with van der Waals surface area (Å²) in [5.41, 5.74) is 0. The first-order valence-corrected chi connectivity index (χ1v) is 5.74. The summed E-state index contributed by atoms with van der Waals surface area (Å²) >= 11 is 0. The molecule has 2 aliphatic rings. The molecule has 0 bridgehead atoms. The molecule has 0 aromatic rings. The lowest BCUT2D eigenvalue weighted by Gasteiger charge is -2.15. The Bertz CT molecular complexity index is 451. The minimum absolute atomic E-state index is 0.112. The summed E-state index contributed by atoms with van der Waals surface area (Å²) in [6.45, 7) is -0.203. The van der Waals surface area contributed by atoms with E-state index in [1.165, 1.54) is 0 Å². The van der Waals surface area contributed by atoms with Crippen LogP contribution in [0.2, 0.25) is 0 Å². The number of rotatable bonds is 3. The Labute approximate surface area is 112 Å². The zero-order chi connectivity index (χ0) is 14.7. The summed E-state index contributed by atoms with van der Waals surface area (Å²) in [7, 11) is 1.14. The van der Waals surface area contributed by atoms with Crippen molar-refractivity contribution in [1.82, 2.24) is 10.5 Å². The molecule has 0 saturated carbocycles. The number of cyclic esters (lactones) is 1. The fourth-order valence-corrected chi connectivity index (χ4v) is 1.61. The molecule has 110 valence electrons. The van der Waals surface area contributed by atoms with Crippen molar-refractivity contribution >= 4 is 23.9 Å². The van der Waals surface area contributed by atoms with Crippen LogP contribution < -0.4 is 5.32 Å². The Hall–Kier alpha value is -2.36. The van der Waals surface area contributed by atoms with Gasteiger partial charge in [0.05, 0.1) is 7.11 Å². The molecule has 1 unspecified atom stereocenters. The van der Waals surface area contributed by atoms with Gasteiger partial charge < -0.3 is 19.6 Å². The Morgan fingerprint density at radius 3 is 2.75 bits per heavy atom. The summed E-state index contributed by atoms with van der Waals surface area (Å²) in [4.78, 5) is 54.6. The standard InChI is InChI=1S/C10H12N2O8/c1-17-10(16)11-5-4-18-12(8(5)14)20-9(15)6-2-3-7(13)19-6/h5-6H,2-4H2,1H3,(H,11,16)/t5-,6?/m0/s1. The molecule has 0 aliphatic carbocycles. The van der Waals surface area contributed by atoms with Crippen molar-refractivity contribution in [2.75, 3.05) is 13.7 Å². The van der Waals surface area contributed by atoms with E-state index in [0.717, 1.165) is 7.11 Å². The van der Waals surface area contributed by atoms with Crippen molar-refractivity contribution < 1.29 is 38.3 Å². The highest BCUT2D eigenvalue weighted by molar-refractivity contribution is 5.88. The topological polar surface area (TPSA) is 120 Å². The second kappa shape index (κ2) is 5.74. The van der Waals surface area contributed by atoms with Gasteiger partial charge in [0.1, 0.15) is 12.6 Å². The molecule has 2 aliphatic heterocycles. The number of nitrogens with one attached hydrogen (secondary N) is 1. The molecule has 2 heterocycles. The van der Waals surface area contributed by atoms with Crippen LogP contribution in [0.25, 0.3) is 0 Å². The zero-order valence-corrected chi connectivity index (χ0v) is 10.5.